The summed E-state index contributed by atoms with van der Waals surface area (Å²) in [6, 6.07) is 0. The third-order valence-electron chi connectivity index (χ3n) is 1.64. The van der Waals surface area contributed by atoms with Crippen LogP contribution in [0.3, 0.4) is 0 Å². The van der Waals surface area contributed by atoms with Crippen LogP contribution in [0.5, 0.6) is 0 Å². The van der Waals surface area contributed by atoms with Crippen molar-refractivity contribution in [1.29, 1.82) is 0 Å². The van der Waals surface area contributed by atoms with Gasteiger partial charge in [-0.05, 0) is 12.8 Å². The Morgan fingerprint density at radius 3 is 2.90 bits per heavy atom. The highest BCUT2D eigenvalue weighted by Crippen LogP contribution is 2.40. The molecule has 1 aliphatic rings. The predicted octanol–water partition coefficient (Wildman–Crippen LogP) is 0.331. The fourth-order valence-corrected chi connectivity index (χ4v) is 0.965. The van der Waals surface area contributed by atoms with Crippen molar-refractivity contribution in [3.63, 3.8) is 0 Å². The molecule has 0 spiro atoms. The first kappa shape index (κ1) is 5.58. The zero-order valence-electron chi connectivity index (χ0n) is 5.49. The Bertz CT molecular complexity index is 243. The molecule has 1 saturated carbocycles. The highest BCUT2D eigenvalue weighted by molar-refractivity contribution is 5.36. The summed E-state index contributed by atoms with van der Waals surface area (Å²) in [5, 5.41) is 7.27. The first-order valence-electron chi connectivity index (χ1n) is 3.31. The van der Waals surface area contributed by atoms with E-state index in [4.69, 9.17) is 5.73 Å². The van der Waals surface area contributed by atoms with Gasteiger partial charge in [-0.3, -0.25) is 0 Å². The molecule has 0 aliphatic heterocycles. The molecule has 1 aliphatic carbocycles. The van der Waals surface area contributed by atoms with Crippen molar-refractivity contribution in [1.82, 2.24) is 15.2 Å². The first-order valence-corrected chi connectivity index (χ1v) is 3.31. The number of nitrogens with zero attached hydrogens (tertiary/aromatic N) is 3. The minimum atomic E-state index is 0.491. The fourth-order valence-electron chi connectivity index (χ4n) is 0.965. The molecule has 52 valence electrons. The Balaban J connectivity index is 2.39. The highest BCUT2D eigenvalue weighted by Gasteiger charge is 2.27. The molecule has 0 amide bonds. The Morgan fingerprint density at radius 2 is 2.30 bits per heavy atom. The Morgan fingerprint density at radius 1 is 1.50 bits per heavy atom. The second-order valence-corrected chi connectivity index (χ2v) is 2.50. The van der Waals surface area contributed by atoms with Crippen LogP contribution in [0.15, 0.2) is 6.33 Å². The van der Waals surface area contributed by atoms with Crippen LogP contribution in [-0.2, 0) is 0 Å². The molecule has 0 radical (unpaired) electrons. The van der Waals surface area contributed by atoms with Gasteiger partial charge in [0.05, 0.1) is 5.69 Å². The number of rotatable bonds is 1. The largest absolute Gasteiger partial charge is 0.381 e. The van der Waals surface area contributed by atoms with Crippen molar-refractivity contribution in [2.75, 3.05) is 5.73 Å². The Hall–Kier alpha value is -1.19. The van der Waals surface area contributed by atoms with E-state index >= 15 is 0 Å². The van der Waals surface area contributed by atoms with Crippen LogP contribution in [0.1, 0.15) is 24.5 Å². The van der Waals surface area contributed by atoms with Gasteiger partial charge in [-0.25, -0.2) is 4.98 Å². The average Bonchev–Trinajstić information content (AvgIpc) is 2.71. The topological polar surface area (TPSA) is 64.7 Å². The van der Waals surface area contributed by atoms with Crippen LogP contribution < -0.4 is 5.73 Å². The lowest BCUT2D eigenvalue weighted by Gasteiger charge is -1.96. The summed E-state index contributed by atoms with van der Waals surface area (Å²) in [5.74, 6) is 1.06. The molecule has 0 atom stereocenters. The van der Waals surface area contributed by atoms with Gasteiger partial charge in [-0.2, -0.15) is 0 Å². The standard InChI is InChI=1S/C6H8N4/c7-6-5(4-1-2-4)8-3-9-10-6/h3-4H,1-2H2,(H2,7,10). The maximum Gasteiger partial charge on any atom is 0.168 e. The van der Waals surface area contributed by atoms with Crippen LogP contribution in [0.25, 0.3) is 0 Å². The van der Waals surface area contributed by atoms with Crippen LogP contribution in [0.4, 0.5) is 5.82 Å². The van der Waals surface area contributed by atoms with Gasteiger partial charge in [-0.15, -0.1) is 10.2 Å². The third kappa shape index (κ3) is 0.814. The maximum atomic E-state index is 5.53. The summed E-state index contributed by atoms with van der Waals surface area (Å²) in [7, 11) is 0. The van der Waals surface area contributed by atoms with E-state index in [1.807, 2.05) is 0 Å². The van der Waals surface area contributed by atoms with Crippen molar-refractivity contribution in [2.24, 2.45) is 0 Å². The number of hydrogen-bond donors (Lipinski definition) is 1. The monoisotopic (exact) mass is 136 g/mol. The van der Waals surface area contributed by atoms with Crippen molar-refractivity contribution >= 4 is 5.82 Å². The molecule has 0 saturated heterocycles. The SMILES string of the molecule is Nc1nncnc1C1CC1. The van der Waals surface area contributed by atoms with Gasteiger partial charge in [0.15, 0.2) is 5.82 Å². The summed E-state index contributed by atoms with van der Waals surface area (Å²) in [5.41, 5.74) is 6.45. The normalized spacial score (nSPS) is 17.2. The van der Waals surface area contributed by atoms with Gasteiger partial charge in [-0.1, -0.05) is 0 Å². The molecule has 1 fully saturated rings. The Kier molecular flexibility index (Phi) is 1.06. The van der Waals surface area contributed by atoms with Crippen molar-refractivity contribution in [3.05, 3.63) is 12.0 Å². The van der Waals surface area contributed by atoms with Crippen molar-refractivity contribution in [2.45, 2.75) is 18.8 Å². The van der Waals surface area contributed by atoms with E-state index in [2.05, 4.69) is 15.2 Å². The summed E-state index contributed by atoms with van der Waals surface area (Å²) in [4.78, 5) is 4.04. The second kappa shape index (κ2) is 1.90. The minimum Gasteiger partial charge on any atom is -0.381 e. The molecule has 4 nitrogen and oxygen atoms in total. The quantitative estimate of drug-likeness (QED) is 0.604. The fraction of sp³-hybridized carbons (Fsp3) is 0.500. The van der Waals surface area contributed by atoms with Gasteiger partial charge < -0.3 is 5.73 Å². The minimum absolute atomic E-state index is 0.491. The second-order valence-electron chi connectivity index (χ2n) is 2.50. The molecular formula is C6H8N4. The van der Waals surface area contributed by atoms with E-state index in [-0.39, 0.29) is 0 Å². The van der Waals surface area contributed by atoms with E-state index < -0.39 is 0 Å². The van der Waals surface area contributed by atoms with Gasteiger partial charge in [0, 0.05) is 5.92 Å². The van der Waals surface area contributed by atoms with Crippen LogP contribution in [-0.4, -0.2) is 15.2 Å². The summed E-state index contributed by atoms with van der Waals surface area (Å²) < 4.78 is 0. The Labute approximate surface area is 58.5 Å². The number of hydrogen-bond acceptors (Lipinski definition) is 4. The number of nitrogens with two attached hydrogens (primary N) is 1. The molecule has 4 heteroatoms. The number of aromatic nitrogens is 3. The molecule has 0 aromatic carbocycles. The van der Waals surface area contributed by atoms with E-state index in [1.54, 1.807) is 0 Å². The van der Waals surface area contributed by atoms with E-state index in [0.717, 1.165) is 5.69 Å². The smallest absolute Gasteiger partial charge is 0.168 e. The summed E-state index contributed by atoms with van der Waals surface area (Å²) in [6.07, 6.45) is 3.84. The van der Waals surface area contributed by atoms with Gasteiger partial charge in [0.1, 0.15) is 6.33 Å². The maximum absolute atomic E-state index is 5.53. The first-order chi connectivity index (χ1) is 4.88. The lowest BCUT2D eigenvalue weighted by molar-refractivity contribution is 0.905. The zero-order chi connectivity index (χ0) is 6.97. The van der Waals surface area contributed by atoms with Crippen LogP contribution in [0.2, 0.25) is 0 Å². The molecule has 0 unspecified atom stereocenters. The van der Waals surface area contributed by atoms with Crippen LogP contribution >= 0.6 is 0 Å². The number of nitrogen functional groups attached to an aromatic ring is 1. The van der Waals surface area contributed by atoms with E-state index in [0.29, 0.717) is 11.7 Å². The molecule has 1 aromatic heterocycles. The van der Waals surface area contributed by atoms with Gasteiger partial charge in [0.2, 0.25) is 0 Å². The van der Waals surface area contributed by atoms with Crippen molar-refractivity contribution in [3.8, 4) is 0 Å². The molecule has 2 N–H and O–H groups in total. The van der Waals surface area contributed by atoms with Gasteiger partial charge >= 0.3 is 0 Å². The lowest BCUT2D eigenvalue weighted by atomic mass is 10.3. The predicted molar refractivity (Wildman–Crippen MR) is 36.2 cm³/mol. The average molecular weight is 136 g/mol. The third-order valence-corrected chi connectivity index (χ3v) is 1.64. The molecule has 1 aromatic rings. The van der Waals surface area contributed by atoms with Crippen molar-refractivity contribution < 1.29 is 0 Å². The lowest BCUT2D eigenvalue weighted by Crippen LogP contribution is -2.00. The molecule has 10 heavy (non-hydrogen) atoms. The summed E-state index contributed by atoms with van der Waals surface area (Å²) >= 11 is 0. The molecule has 2 rings (SSSR count). The van der Waals surface area contributed by atoms with Crippen LogP contribution in [0, 0.1) is 0 Å². The molecule has 0 bridgehead atoms. The molecular weight excluding hydrogens is 128 g/mol. The van der Waals surface area contributed by atoms with E-state index in [1.165, 1.54) is 19.2 Å². The van der Waals surface area contributed by atoms with E-state index in [9.17, 15) is 0 Å². The number of anilines is 1. The summed E-state index contributed by atoms with van der Waals surface area (Å²) in [6.45, 7) is 0. The van der Waals surface area contributed by atoms with Gasteiger partial charge in [0.25, 0.3) is 0 Å². The highest BCUT2D eigenvalue weighted by atomic mass is 15.2. The zero-order valence-corrected chi connectivity index (χ0v) is 5.49. The molecule has 1 heterocycles.